The molecule has 3 aromatic rings. The molecule has 0 unspecified atom stereocenters. The molecule has 174 valence electrons. The molecule has 0 aromatic carbocycles. The Kier molecular flexibility index (Phi) is 4.92. The van der Waals surface area contributed by atoms with Gasteiger partial charge in [-0.05, 0) is 25.8 Å². The van der Waals surface area contributed by atoms with Crippen molar-refractivity contribution in [1.29, 1.82) is 0 Å². The highest BCUT2D eigenvalue weighted by Gasteiger charge is 2.30. The van der Waals surface area contributed by atoms with E-state index in [-0.39, 0.29) is 40.2 Å². The lowest BCUT2D eigenvalue weighted by molar-refractivity contribution is -0.117. The second kappa shape index (κ2) is 8.64. The molecule has 1 saturated carbocycles. The second-order valence-corrected chi connectivity index (χ2v) is 7.93. The molecule has 1 aliphatic rings. The molecule has 4 rings (SSSR count). The van der Waals surface area contributed by atoms with Crippen molar-refractivity contribution < 1.29 is 27.2 Å². The number of aromatic nitrogens is 3. The molecular weight excluding hydrogens is 434 g/mol. The van der Waals surface area contributed by atoms with E-state index in [1.165, 1.54) is 36.2 Å². The highest BCUT2D eigenvalue weighted by atomic mass is 19.3. The highest BCUT2D eigenvalue weighted by molar-refractivity contribution is 6.02. The van der Waals surface area contributed by atoms with Crippen LogP contribution in [0, 0.1) is 5.92 Å². The quantitative estimate of drug-likeness (QED) is 0.475. The minimum Gasteiger partial charge on any atom is -0.494 e. The van der Waals surface area contributed by atoms with E-state index >= 15 is 0 Å². The van der Waals surface area contributed by atoms with Crippen LogP contribution in [0.1, 0.15) is 39.8 Å². The Morgan fingerprint density at radius 1 is 1.33 bits per heavy atom. The largest absolute Gasteiger partial charge is 0.494 e. The van der Waals surface area contributed by atoms with Gasteiger partial charge in [0, 0.05) is 47.5 Å². The average Bonchev–Trinajstić information content (AvgIpc) is 3.54. The van der Waals surface area contributed by atoms with Crippen molar-refractivity contribution in [3.63, 3.8) is 0 Å². The minimum absolute atomic E-state index is 0.0965. The Balaban J connectivity index is 1.76. The summed E-state index contributed by atoms with van der Waals surface area (Å²) in [6.07, 6.45) is 5.02. The minimum atomic E-state index is -2.99. The summed E-state index contributed by atoms with van der Waals surface area (Å²) >= 11 is 0. The molecule has 0 saturated heterocycles. The number of alkyl halides is 2. The smallest absolute Gasteiger partial charge is 0.254 e. The summed E-state index contributed by atoms with van der Waals surface area (Å²) in [5, 5.41) is 11.8. The number of nitrogens with one attached hydrogen (secondary N) is 3. The van der Waals surface area contributed by atoms with E-state index in [0.717, 1.165) is 26.0 Å². The predicted octanol–water partition coefficient (Wildman–Crippen LogP) is 3.39. The second-order valence-electron chi connectivity index (χ2n) is 7.93. The number of fused-ring (bicyclic) bond motifs is 1. The average molecular weight is 461 g/mol. The molecular formula is C22H24F2N6O3. The molecule has 1 fully saturated rings. The lowest BCUT2D eigenvalue weighted by Gasteiger charge is -2.16. The van der Waals surface area contributed by atoms with Gasteiger partial charge in [0.25, 0.3) is 5.91 Å². The summed E-state index contributed by atoms with van der Waals surface area (Å²) in [7, 11) is 1.34. The van der Waals surface area contributed by atoms with Gasteiger partial charge in [0.2, 0.25) is 11.8 Å². The van der Waals surface area contributed by atoms with Gasteiger partial charge in [-0.25, -0.2) is 18.3 Å². The first-order valence-corrected chi connectivity index (χ1v) is 10.2. The predicted molar refractivity (Wildman–Crippen MR) is 118 cm³/mol. The molecule has 3 aromatic heterocycles. The molecule has 0 radical (unpaired) electrons. The van der Waals surface area contributed by atoms with E-state index in [1.807, 2.05) is 5.32 Å². The molecule has 0 spiro atoms. The Morgan fingerprint density at radius 3 is 2.79 bits per heavy atom. The maximum atomic E-state index is 13.8. The van der Waals surface area contributed by atoms with Crippen LogP contribution in [-0.4, -0.2) is 46.4 Å². The van der Waals surface area contributed by atoms with E-state index in [2.05, 4.69) is 20.7 Å². The molecule has 3 heterocycles. The van der Waals surface area contributed by atoms with Crippen LogP contribution in [-0.2, 0) is 11.2 Å². The van der Waals surface area contributed by atoms with E-state index in [9.17, 15) is 18.4 Å². The van der Waals surface area contributed by atoms with Gasteiger partial charge >= 0.3 is 0 Å². The van der Waals surface area contributed by atoms with E-state index in [0.29, 0.717) is 11.2 Å². The zero-order chi connectivity index (χ0) is 26.3. The summed E-state index contributed by atoms with van der Waals surface area (Å²) < 4.78 is 56.4. The number of carbonyl (C=O) groups is 2. The van der Waals surface area contributed by atoms with Crippen LogP contribution in [0.2, 0.25) is 0 Å². The number of hydrogen-bond acceptors (Lipinski definition) is 6. The van der Waals surface area contributed by atoms with Crippen molar-refractivity contribution in [3.8, 4) is 5.75 Å². The first kappa shape index (κ1) is 18.8. The van der Waals surface area contributed by atoms with Crippen LogP contribution in [0.3, 0.4) is 0 Å². The number of ether oxygens (including phenoxy) is 1. The molecule has 2 amide bonds. The summed E-state index contributed by atoms with van der Waals surface area (Å²) in [6.45, 7) is -1.95. The van der Waals surface area contributed by atoms with E-state index in [4.69, 9.17) is 8.85 Å². The van der Waals surface area contributed by atoms with Crippen LogP contribution < -0.4 is 20.7 Å². The van der Waals surface area contributed by atoms with Crippen LogP contribution in [0.5, 0.6) is 5.75 Å². The maximum absolute atomic E-state index is 13.8. The van der Waals surface area contributed by atoms with Gasteiger partial charge in [0.1, 0.15) is 17.1 Å². The number of amides is 2. The van der Waals surface area contributed by atoms with Crippen molar-refractivity contribution >= 4 is 34.5 Å². The molecule has 9 nitrogen and oxygen atoms in total. The number of nitrogens with zero attached hydrogens (tertiary/aromatic N) is 3. The monoisotopic (exact) mass is 461 g/mol. The maximum Gasteiger partial charge on any atom is 0.254 e. The van der Waals surface area contributed by atoms with Gasteiger partial charge in [0.05, 0.1) is 30.2 Å². The first-order valence-electron chi connectivity index (χ1n) is 11.7. The zero-order valence-corrected chi connectivity index (χ0v) is 17.9. The van der Waals surface area contributed by atoms with E-state index in [1.54, 1.807) is 0 Å². The lowest BCUT2D eigenvalue weighted by Crippen LogP contribution is -2.20. The van der Waals surface area contributed by atoms with Crippen LogP contribution in [0.15, 0.2) is 30.7 Å². The van der Waals surface area contributed by atoms with Crippen LogP contribution in [0.25, 0.3) is 5.52 Å². The molecule has 0 aliphatic heterocycles. The molecule has 0 atom stereocenters. The van der Waals surface area contributed by atoms with Gasteiger partial charge < -0.3 is 20.7 Å². The summed E-state index contributed by atoms with van der Waals surface area (Å²) in [4.78, 5) is 29.0. The van der Waals surface area contributed by atoms with Gasteiger partial charge in [0.15, 0.2) is 0 Å². The molecule has 3 N–H and O–H groups in total. The van der Waals surface area contributed by atoms with Crippen LogP contribution >= 0.6 is 0 Å². The number of halogens is 2. The number of anilines is 3. The Hall–Kier alpha value is -3.76. The fourth-order valence-electron chi connectivity index (χ4n) is 3.48. The Labute approximate surface area is 192 Å². The normalized spacial score (nSPS) is 15.3. The summed E-state index contributed by atoms with van der Waals surface area (Å²) in [6, 6.07) is 2.86. The number of pyridine rings is 2. The first-order chi connectivity index (χ1) is 16.8. The standard InChI is InChI=1S/C22H24F2N6O3/c1-22(23,24)9-13-6-7-30-18(19(13)33-3)16(11-27-30)28-15-8-17(29-20(31)12-4-5-12)26-10-14(15)21(32)25-2/h6-8,10-12H,4-5,9H2,1-3H3,(H,25,32)(H2,26,28,29,31)/i2D3. The molecule has 11 heteroatoms. The lowest BCUT2D eigenvalue weighted by atomic mass is 10.1. The highest BCUT2D eigenvalue weighted by Crippen LogP contribution is 2.36. The summed E-state index contributed by atoms with van der Waals surface area (Å²) in [5.41, 5.74) is 0.850. The molecule has 0 bridgehead atoms. The molecule has 1 aliphatic carbocycles. The third kappa shape index (κ3) is 4.86. The summed E-state index contributed by atoms with van der Waals surface area (Å²) in [5.74, 6) is -3.92. The van der Waals surface area contributed by atoms with Crippen molar-refractivity contribution in [3.05, 3.63) is 41.9 Å². The van der Waals surface area contributed by atoms with Gasteiger partial charge in [-0.1, -0.05) is 0 Å². The Morgan fingerprint density at radius 2 is 2.12 bits per heavy atom. The van der Waals surface area contributed by atoms with Gasteiger partial charge in [-0.2, -0.15) is 5.10 Å². The third-order valence-electron chi connectivity index (χ3n) is 5.15. The van der Waals surface area contributed by atoms with Crippen molar-refractivity contribution in [1.82, 2.24) is 19.9 Å². The van der Waals surface area contributed by atoms with Crippen LogP contribution in [0.4, 0.5) is 26.0 Å². The number of rotatable bonds is 8. The topological polar surface area (TPSA) is 110 Å². The van der Waals surface area contributed by atoms with Crippen molar-refractivity contribution in [2.75, 3.05) is 24.7 Å². The fraction of sp³-hybridized carbons (Fsp3) is 0.364. The SMILES string of the molecule is [2H]C([2H])([2H])NC(=O)c1cnc(NC(=O)C2CC2)cc1Nc1cnn2ccc(CC(C)(F)F)c(OC)c12. The van der Waals surface area contributed by atoms with Crippen molar-refractivity contribution in [2.45, 2.75) is 32.1 Å². The zero-order valence-electron chi connectivity index (χ0n) is 20.9. The Bertz CT molecular complexity index is 1320. The van der Waals surface area contributed by atoms with Crippen molar-refractivity contribution in [2.24, 2.45) is 5.92 Å². The number of methoxy groups -OCH3 is 1. The number of hydrogen-bond donors (Lipinski definition) is 3. The number of carbonyl (C=O) groups excluding carboxylic acids is 2. The fourth-order valence-corrected chi connectivity index (χ4v) is 3.48. The third-order valence-corrected chi connectivity index (χ3v) is 5.15. The van der Waals surface area contributed by atoms with E-state index < -0.39 is 25.2 Å². The van der Waals surface area contributed by atoms with Gasteiger partial charge in [-0.3, -0.25) is 9.59 Å². The molecule has 33 heavy (non-hydrogen) atoms. The van der Waals surface area contributed by atoms with Gasteiger partial charge in [-0.15, -0.1) is 0 Å².